The number of thiophene rings is 1. The Balaban J connectivity index is 1.65. The van der Waals surface area contributed by atoms with Gasteiger partial charge in [0.2, 0.25) is 16.9 Å². The van der Waals surface area contributed by atoms with E-state index >= 15 is 0 Å². The van der Waals surface area contributed by atoms with Crippen LogP contribution in [0.15, 0.2) is 41.8 Å². The van der Waals surface area contributed by atoms with Crippen molar-refractivity contribution >= 4 is 45.3 Å². The molecule has 1 aromatic carbocycles. The summed E-state index contributed by atoms with van der Waals surface area (Å²) < 4.78 is 0. The van der Waals surface area contributed by atoms with E-state index in [2.05, 4.69) is 15.5 Å². The zero-order valence-corrected chi connectivity index (χ0v) is 17.2. The quantitative estimate of drug-likeness (QED) is 0.681. The Morgan fingerprint density at radius 1 is 1.25 bits per heavy atom. The maximum Gasteiger partial charge on any atom is 0.232 e. The van der Waals surface area contributed by atoms with Gasteiger partial charge in [0.1, 0.15) is 5.01 Å². The van der Waals surface area contributed by atoms with Crippen LogP contribution in [0.25, 0.3) is 0 Å². The third-order valence-electron chi connectivity index (χ3n) is 4.81. The molecule has 1 N–H and O–H groups in total. The van der Waals surface area contributed by atoms with Crippen molar-refractivity contribution in [1.29, 1.82) is 0 Å². The van der Waals surface area contributed by atoms with Gasteiger partial charge in [0.05, 0.1) is 12.0 Å². The van der Waals surface area contributed by atoms with Crippen molar-refractivity contribution in [3.05, 3.63) is 57.2 Å². The zero-order chi connectivity index (χ0) is 19.7. The number of nitrogens with zero attached hydrogens (tertiary/aromatic N) is 3. The smallest absolute Gasteiger partial charge is 0.232 e. The summed E-state index contributed by atoms with van der Waals surface area (Å²) in [5.41, 5.74) is 1.94. The van der Waals surface area contributed by atoms with Gasteiger partial charge >= 0.3 is 0 Å². The van der Waals surface area contributed by atoms with Gasteiger partial charge in [-0.2, -0.15) is 0 Å². The molecule has 1 aliphatic heterocycles. The van der Waals surface area contributed by atoms with Crippen LogP contribution in [0.1, 0.15) is 34.8 Å². The lowest BCUT2D eigenvalue weighted by Crippen LogP contribution is -2.31. The highest BCUT2D eigenvalue weighted by molar-refractivity contribution is 7.15. The average Bonchev–Trinajstić information content (AvgIpc) is 3.42. The number of carbonyl (C=O) groups is 2. The summed E-state index contributed by atoms with van der Waals surface area (Å²) in [7, 11) is 0. The fourth-order valence-electron chi connectivity index (χ4n) is 3.41. The third-order valence-corrected chi connectivity index (χ3v) is 6.73. The molecule has 28 heavy (non-hydrogen) atoms. The fourth-order valence-corrected chi connectivity index (χ4v) is 4.97. The number of rotatable bonds is 5. The van der Waals surface area contributed by atoms with Gasteiger partial charge in [-0.15, -0.1) is 21.5 Å². The first-order chi connectivity index (χ1) is 13.6. The molecule has 2 atom stereocenters. The normalized spacial score (nSPS) is 19.2. The molecular formula is C20H20N4O2S2. The van der Waals surface area contributed by atoms with Crippen molar-refractivity contribution in [3.8, 4) is 0 Å². The van der Waals surface area contributed by atoms with E-state index in [1.165, 1.54) is 11.3 Å². The van der Waals surface area contributed by atoms with Crippen LogP contribution >= 0.6 is 22.7 Å². The van der Waals surface area contributed by atoms with Crippen molar-refractivity contribution < 1.29 is 9.59 Å². The molecule has 0 bridgehead atoms. The molecule has 144 valence electrons. The molecule has 2 amide bonds. The molecule has 6 nitrogen and oxygen atoms in total. The number of hydrogen-bond acceptors (Lipinski definition) is 6. The summed E-state index contributed by atoms with van der Waals surface area (Å²) in [6.45, 7) is 4.00. The van der Waals surface area contributed by atoms with Crippen molar-refractivity contribution in [3.63, 3.8) is 0 Å². The Hall–Kier alpha value is -2.58. The minimum absolute atomic E-state index is 0.0473. The Bertz CT molecular complexity index is 982. The van der Waals surface area contributed by atoms with Crippen LogP contribution < -0.4 is 10.2 Å². The van der Waals surface area contributed by atoms with E-state index in [1.54, 1.807) is 16.2 Å². The summed E-state index contributed by atoms with van der Waals surface area (Å²) >= 11 is 2.93. The molecule has 8 heteroatoms. The highest BCUT2D eigenvalue weighted by atomic mass is 32.1. The number of nitrogens with one attached hydrogen (secondary N) is 1. The van der Waals surface area contributed by atoms with Gasteiger partial charge in [0.25, 0.3) is 0 Å². The molecular weight excluding hydrogens is 392 g/mol. The van der Waals surface area contributed by atoms with E-state index in [-0.39, 0.29) is 24.3 Å². The van der Waals surface area contributed by atoms with E-state index in [4.69, 9.17) is 0 Å². The Labute approximate surface area is 171 Å². The maximum atomic E-state index is 13.0. The Kier molecular flexibility index (Phi) is 5.23. The lowest BCUT2D eigenvalue weighted by molar-refractivity contribution is -0.122. The summed E-state index contributed by atoms with van der Waals surface area (Å²) in [5, 5.41) is 14.3. The zero-order valence-electron chi connectivity index (χ0n) is 15.6. The molecule has 0 unspecified atom stereocenters. The lowest BCUT2D eigenvalue weighted by Gasteiger charge is -2.27. The van der Waals surface area contributed by atoms with Crippen molar-refractivity contribution in [1.82, 2.24) is 10.2 Å². The minimum Gasteiger partial charge on any atom is -0.303 e. The SMILES string of the molecule is CCc1nnc(NC(=O)[C@H]2CC(=O)N(c3ccc(C)cc3)[C@H]2c2cccs2)s1. The van der Waals surface area contributed by atoms with Crippen LogP contribution in [0.3, 0.4) is 0 Å². The van der Waals surface area contributed by atoms with Crippen LogP contribution in [-0.2, 0) is 16.0 Å². The topological polar surface area (TPSA) is 75.2 Å². The van der Waals surface area contributed by atoms with Crippen molar-refractivity contribution in [2.45, 2.75) is 32.7 Å². The van der Waals surface area contributed by atoms with E-state index in [1.807, 2.05) is 55.6 Å². The first-order valence-corrected chi connectivity index (χ1v) is 10.8. The molecule has 0 radical (unpaired) electrons. The first-order valence-electron chi connectivity index (χ1n) is 9.12. The molecule has 0 saturated carbocycles. The lowest BCUT2D eigenvalue weighted by atomic mass is 9.97. The molecule has 1 saturated heterocycles. The van der Waals surface area contributed by atoms with Crippen LogP contribution in [0, 0.1) is 12.8 Å². The fraction of sp³-hybridized carbons (Fsp3) is 0.300. The predicted octanol–water partition coefficient (Wildman–Crippen LogP) is 4.20. The molecule has 3 aromatic rings. The number of amides is 2. The number of benzene rings is 1. The Morgan fingerprint density at radius 2 is 2.04 bits per heavy atom. The molecule has 2 aromatic heterocycles. The van der Waals surface area contributed by atoms with Gasteiger partial charge in [-0.25, -0.2) is 0 Å². The van der Waals surface area contributed by atoms with Crippen LogP contribution in [0.2, 0.25) is 0 Å². The predicted molar refractivity (Wildman–Crippen MR) is 112 cm³/mol. The number of carbonyl (C=O) groups excluding carboxylic acids is 2. The Morgan fingerprint density at radius 3 is 2.68 bits per heavy atom. The van der Waals surface area contributed by atoms with Gasteiger partial charge in [-0.05, 0) is 36.9 Å². The largest absolute Gasteiger partial charge is 0.303 e. The van der Waals surface area contributed by atoms with Gasteiger partial charge in [-0.1, -0.05) is 42.0 Å². The molecule has 1 aliphatic rings. The maximum absolute atomic E-state index is 13.0. The monoisotopic (exact) mass is 412 g/mol. The summed E-state index contributed by atoms with van der Waals surface area (Å²) in [4.78, 5) is 28.7. The van der Waals surface area contributed by atoms with E-state index in [0.29, 0.717) is 5.13 Å². The highest BCUT2D eigenvalue weighted by Crippen LogP contribution is 2.43. The highest BCUT2D eigenvalue weighted by Gasteiger charge is 2.46. The number of aryl methyl sites for hydroxylation is 2. The average molecular weight is 413 g/mol. The van der Waals surface area contributed by atoms with E-state index < -0.39 is 5.92 Å². The van der Waals surface area contributed by atoms with Gasteiger partial charge in [0.15, 0.2) is 0 Å². The first kappa shape index (κ1) is 18.8. The van der Waals surface area contributed by atoms with Crippen molar-refractivity contribution in [2.24, 2.45) is 5.92 Å². The van der Waals surface area contributed by atoms with Gasteiger partial charge < -0.3 is 10.2 Å². The second kappa shape index (κ2) is 7.81. The molecule has 0 aliphatic carbocycles. The molecule has 0 spiro atoms. The molecule has 3 heterocycles. The van der Waals surface area contributed by atoms with Crippen LogP contribution in [0.4, 0.5) is 10.8 Å². The number of anilines is 2. The van der Waals surface area contributed by atoms with Crippen molar-refractivity contribution in [2.75, 3.05) is 10.2 Å². The van der Waals surface area contributed by atoms with Crippen LogP contribution in [0.5, 0.6) is 0 Å². The van der Waals surface area contributed by atoms with Gasteiger partial charge in [0, 0.05) is 17.0 Å². The number of aromatic nitrogens is 2. The van der Waals surface area contributed by atoms with E-state index in [9.17, 15) is 9.59 Å². The van der Waals surface area contributed by atoms with Crippen LogP contribution in [-0.4, -0.2) is 22.0 Å². The van der Waals surface area contributed by atoms with Gasteiger partial charge in [-0.3, -0.25) is 9.59 Å². The second-order valence-corrected chi connectivity index (χ2v) is 8.76. The standard InChI is InChI=1S/C20H20N4O2S2/c1-3-16-22-23-20(28-16)21-19(26)14-11-17(25)24(13-8-6-12(2)7-9-13)18(14)15-5-4-10-27-15/h4-10,14,18H,3,11H2,1-2H3,(H,21,23,26)/t14-,18+/m0/s1. The minimum atomic E-state index is -0.485. The molecule has 1 fully saturated rings. The second-order valence-electron chi connectivity index (χ2n) is 6.71. The number of hydrogen-bond donors (Lipinski definition) is 1. The third kappa shape index (κ3) is 3.57. The summed E-state index contributed by atoms with van der Waals surface area (Å²) in [6.07, 6.45) is 0.941. The summed E-state index contributed by atoms with van der Waals surface area (Å²) in [5.74, 6) is -0.726. The summed E-state index contributed by atoms with van der Waals surface area (Å²) in [6, 6.07) is 11.4. The molecule has 4 rings (SSSR count). The van der Waals surface area contributed by atoms with E-state index in [0.717, 1.165) is 27.6 Å².